The number of aromatic nitrogens is 5. The zero-order chi connectivity index (χ0) is 15.6. The van der Waals surface area contributed by atoms with E-state index in [4.69, 9.17) is 16.1 Å². The van der Waals surface area contributed by atoms with Gasteiger partial charge >= 0.3 is 0 Å². The minimum atomic E-state index is 0.440. The van der Waals surface area contributed by atoms with Crippen molar-refractivity contribution in [1.29, 1.82) is 0 Å². The molecule has 4 aromatic rings. The third-order valence-corrected chi connectivity index (χ3v) is 3.54. The highest BCUT2D eigenvalue weighted by Gasteiger charge is 2.11. The molecule has 6 nitrogen and oxygen atoms in total. The second-order valence-electron chi connectivity index (χ2n) is 4.81. The molecule has 3 aromatic heterocycles. The monoisotopic (exact) mass is 323 g/mol. The minimum Gasteiger partial charge on any atom is -0.334 e. The van der Waals surface area contributed by atoms with Crippen LogP contribution in [0.3, 0.4) is 0 Å². The number of halogens is 1. The second-order valence-corrected chi connectivity index (χ2v) is 5.24. The first-order valence-corrected chi connectivity index (χ1v) is 7.22. The van der Waals surface area contributed by atoms with Crippen molar-refractivity contribution in [3.05, 3.63) is 66.3 Å². The zero-order valence-corrected chi connectivity index (χ0v) is 12.6. The number of benzene rings is 1. The average Bonchev–Trinajstić information content (AvgIpc) is 3.28. The number of imidazole rings is 1. The third-order valence-electron chi connectivity index (χ3n) is 3.29. The average molecular weight is 324 g/mol. The van der Waals surface area contributed by atoms with Gasteiger partial charge in [0.1, 0.15) is 12.1 Å². The van der Waals surface area contributed by atoms with Gasteiger partial charge in [-0.15, -0.1) is 0 Å². The molecule has 23 heavy (non-hydrogen) atoms. The maximum absolute atomic E-state index is 5.88. The number of rotatable bonds is 3. The Labute approximate surface area is 136 Å². The maximum atomic E-state index is 5.88. The molecule has 3 heterocycles. The van der Waals surface area contributed by atoms with Gasteiger partial charge in [0.15, 0.2) is 0 Å². The molecule has 0 amide bonds. The lowest BCUT2D eigenvalue weighted by Crippen LogP contribution is -1.94. The molecule has 0 fully saturated rings. The van der Waals surface area contributed by atoms with Gasteiger partial charge in [0.25, 0.3) is 5.89 Å². The topological polar surface area (TPSA) is 69.6 Å². The molecule has 0 aliphatic carbocycles. The number of hydrogen-bond acceptors (Lipinski definition) is 5. The molecule has 0 aliphatic rings. The van der Waals surface area contributed by atoms with Crippen molar-refractivity contribution in [2.45, 2.75) is 0 Å². The molecule has 0 bridgehead atoms. The zero-order valence-electron chi connectivity index (χ0n) is 11.8. The first-order valence-electron chi connectivity index (χ1n) is 6.84. The molecule has 0 radical (unpaired) electrons. The van der Waals surface area contributed by atoms with Crippen LogP contribution >= 0.6 is 11.6 Å². The molecular weight excluding hydrogens is 314 g/mol. The molecule has 0 aliphatic heterocycles. The van der Waals surface area contributed by atoms with Gasteiger partial charge in [0.05, 0.1) is 0 Å². The molecule has 4 rings (SSSR count). The Hall–Kier alpha value is -2.99. The van der Waals surface area contributed by atoms with Crippen molar-refractivity contribution in [2.24, 2.45) is 0 Å². The number of pyridine rings is 1. The Bertz CT molecular complexity index is 914. The summed E-state index contributed by atoms with van der Waals surface area (Å²) < 4.78 is 7.12. The highest BCUT2D eigenvalue weighted by molar-refractivity contribution is 6.30. The van der Waals surface area contributed by atoms with E-state index in [0.29, 0.717) is 16.7 Å². The van der Waals surface area contributed by atoms with E-state index < -0.39 is 0 Å². The highest BCUT2D eigenvalue weighted by Crippen LogP contribution is 2.23. The van der Waals surface area contributed by atoms with E-state index in [2.05, 4.69) is 20.1 Å². The van der Waals surface area contributed by atoms with Crippen LogP contribution in [0.5, 0.6) is 0 Å². The molecule has 7 heteroatoms. The summed E-state index contributed by atoms with van der Waals surface area (Å²) in [5.74, 6) is 1.70. The second kappa shape index (κ2) is 5.66. The largest absolute Gasteiger partial charge is 0.334 e. The standard InChI is InChI=1S/C16H10ClN5O/c17-13-4-1-11(2-5-13)16-20-15(21-23-16)12-3-6-14(19-9-12)22-8-7-18-10-22/h1-10H. The molecular formula is C16H10ClN5O. The highest BCUT2D eigenvalue weighted by atomic mass is 35.5. The summed E-state index contributed by atoms with van der Waals surface area (Å²) in [5, 5.41) is 4.66. The lowest BCUT2D eigenvalue weighted by atomic mass is 10.2. The van der Waals surface area contributed by atoms with Crippen molar-refractivity contribution in [2.75, 3.05) is 0 Å². The van der Waals surface area contributed by atoms with Gasteiger partial charge in [-0.3, -0.25) is 4.57 Å². The quantitative estimate of drug-likeness (QED) is 0.575. The van der Waals surface area contributed by atoms with Gasteiger partial charge in [0, 0.05) is 34.7 Å². The molecule has 0 unspecified atom stereocenters. The van der Waals surface area contributed by atoms with Crippen molar-refractivity contribution < 1.29 is 4.52 Å². The van der Waals surface area contributed by atoms with E-state index in [-0.39, 0.29) is 0 Å². The molecule has 0 saturated heterocycles. The number of nitrogens with zero attached hydrogens (tertiary/aromatic N) is 5. The van der Waals surface area contributed by atoms with E-state index in [1.54, 1.807) is 30.9 Å². The maximum Gasteiger partial charge on any atom is 0.258 e. The molecule has 1 aromatic carbocycles. The molecule has 0 saturated carbocycles. The SMILES string of the molecule is Clc1ccc(-c2nc(-c3ccc(-n4ccnc4)nc3)no2)cc1. The predicted octanol–water partition coefficient (Wildman–Crippen LogP) is 3.64. The van der Waals surface area contributed by atoms with Crippen molar-refractivity contribution >= 4 is 11.6 Å². The van der Waals surface area contributed by atoms with Crippen molar-refractivity contribution in [3.8, 4) is 28.7 Å². The van der Waals surface area contributed by atoms with Gasteiger partial charge < -0.3 is 4.52 Å². The lowest BCUT2D eigenvalue weighted by Gasteiger charge is -2.00. The minimum absolute atomic E-state index is 0.440. The van der Waals surface area contributed by atoms with Crippen molar-refractivity contribution in [3.63, 3.8) is 0 Å². The van der Waals surface area contributed by atoms with Gasteiger partial charge in [-0.2, -0.15) is 4.98 Å². The fraction of sp³-hybridized carbons (Fsp3) is 0. The van der Waals surface area contributed by atoms with E-state index in [0.717, 1.165) is 16.9 Å². The van der Waals surface area contributed by atoms with Gasteiger partial charge in [-0.1, -0.05) is 16.8 Å². The summed E-state index contributed by atoms with van der Waals surface area (Å²) >= 11 is 5.88. The predicted molar refractivity (Wildman–Crippen MR) is 85.1 cm³/mol. The van der Waals surface area contributed by atoms with Crippen LogP contribution in [-0.4, -0.2) is 24.7 Å². The van der Waals surface area contributed by atoms with E-state index in [1.807, 2.05) is 35.0 Å². The first kappa shape index (κ1) is 13.7. The van der Waals surface area contributed by atoms with Gasteiger partial charge in [-0.25, -0.2) is 9.97 Å². The summed E-state index contributed by atoms with van der Waals surface area (Å²) in [5.41, 5.74) is 1.59. The fourth-order valence-corrected chi connectivity index (χ4v) is 2.24. The summed E-state index contributed by atoms with van der Waals surface area (Å²) in [4.78, 5) is 12.8. The van der Waals surface area contributed by atoms with E-state index >= 15 is 0 Å². The van der Waals surface area contributed by atoms with E-state index in [1.165, 1.54) is 0 Å². The van der Waals surface area contributed by atoms with Crippen molar-refractivity contribution in [1.82, 2.24) is 24.7 Å². The van der Waals surface area contributed by atoms with Crippen LogP contribution in [-0.2, 0) is 0 Å². The summed E-state index contributed by atoms with van der Waals surface area (Å²) in [7, 11) is 0. The van der Waals surface area contributed by atoms with Crippen LogP contribution in [0, 0.1) is 0 Å². The van der Waals surface area contributed by atoms with Gasteiger partial charge in [-0.05, 0) is 36.4 Å². The Kier molecular flexibility index (Phi) is 3.36. The van der Waals surface area contributed by atoms with Crippen LogP contribution in [0.4, 0.5) is 0 Å². The Morgan fingerprint density at radius 2 is 1.83 bits per heavy atom. The van der Waals surface area contributed by atoms with E-state index in [9.17, 15) is 0 Å². The van der Waals surface area contributed by atoms with Crippen LogP contribution in [0.15, 0.2) is 65.8 Å². The fourth-order valence-electron chi connectivity index (χ4n) is 2.12. The van der Waals surface area contributed by atoms with Crippen LogP contribution in [0.25, 0.3) is 28.7 Å². The summed E-state index contributed by atoms with van der Waals surface area (Å²) in [6.45, 7) is 0. The normalized spacial score (nSPS) is 10.8. The summed E-state index contributed by atoms with van der Waals surface area (Å²) in [6.07, 6.45) is 6.92. The molecule has 0 spiro atoms. The van der Waals surface area contributed by atoms with Gasteiger partial charge in [0.2, 0.25) is 5.82 Å². The Morgan fingerprint density at radius 3 is 2.52 bits per heavy atom. The smallest absolute Gasteiger partial charge is 0.258 e. The lowest BCUT2D eigenvalue weighted by molar-refractivity contribution is 0.432. The molecule has 0 N–H and O–H groups in total. The third kappa shape index (κ3) is 2.72. The number of hydrogen-bond donors (Lipinski definition) is 0. The van der Waals surface area contributed by atoms with Crippen LogP contribution in [0.2, 0.25) is 5.02 Å². The van der Waals surface area contributed by atoms with Crippen LogP contribution < -0.4 is 0 Å². The Balaban J connectivity index is 1.62. The Morgan fingerprint density at radius 1 is 1.00 bits per heavy atom. The first-order chi connectivity index (χ1) is 11.3. The molecule has 112 valence electrons. The molecule has 0 atom stereocenters. The van der Waals surface area contributed by atoms with Crippen LogP contribution in [0.1, 0.15) is 0 Å². The summed E-state index contributed by atoms with van der Waals surface area (Å²) in [6, 6.07) is 11.0.